The lowest BCUT2D eigenvalue weighted by Crippen LogP contribution is -2.34. The molecule has 0 heterocycles. The molecule has 19 heavy (non-hydrogen) atoms. The Kier molecular flexibility index (Phi) is 4.16. The highest BCUT2D eigenvalue weighted by Gasteiger charge is 2.39. The second kappa shape index (κ2) is 5.51. The zero-order valence-electron chi connectivity index (χ0n) is 11.6. The van der Waals surface area contributed by atoms with Gasteiger partial charge in [-0.2, -0.15) is 0 Å². The van der Waals surface area contributed by atoms with Crippen LogP contribution < -0.4 is 10.1 Å². The highest BCUT2D eigenvalue weighted by atomic mass is 32.2. The fourth-order valence-electron chi connectivity index (χ4n) is 2.82. The number of fused-ring (bicyclic) bond motifs is 1. The summed E-state index contributed by atoms with van der Waals surface area (Å²) in [4.78, 5) is 0. The largest absolute Gasteiger partial charge is 0.497 e. The molecule has 0 aromatic heterocycles. The topological polar surface area (TPSA) is 55.4 Å². The lowest BCUT2D eigenvalue weighted by atomic mass is 10.1. The van der Waals surface area contributed by atoms with E-state index in [-0.39, 0.29) is 17.0 Å². The van der Waals surface area contributed by atoms with E-state index >= 15 is 0 Å². The van der Waals surface area contributed by atoms with Crippen LogP contribution in [0.1, 0.15) is 30.5 Å². The van der Waals surface area contributed by atoms with Crippen LogP contribution >= 0.6 is 0 Å². The van der Waals surface area contributed by atoms with Gasteiger partial charge in [0.1, 0.15) is 5.75 Å². The van der Waals surface area contributed by atoms with Crippen LogP contribution in [-0.4, -0.2) is 33.6 Å². The molecule has 0 amide bonds. The number of nitrogens with one attached hydrogen (secondary N) is 1. The Bertz CT molecular complexity index is 554. The minimum absolute atomic E-state index is 0.137. The molecular weight excluding hydrogens is 262 g/mol. The molecule has 1 N–H and O–H groups in total. The molecule has 2 atom stereocenters. The molecule has 1 aromatic carbocycles. The maximum Gasteiger partial charge on any atom is 0.155 e. The maximum absolute atomic E-state index is 12.4. The van der Waals surface area contributed by atoms with Crippen LogP contribution in [0.4, 0.5) is 0 Å². The van der Waals surface area contributed by atoms with Crippen LogP contribution in [0.5, 0.6) is 5.75 Å². The summed E-state index contributed by atoms with van der Waals surface area (Å²) in [5.74, 6) is 1.02. The molecule has 0 bridgehead atoms. The fraction of sp³-hybridized carbons (Fsp3) is 0.571. The maximum atomic E-state index is 12.4. The Morgan fingerprint density at radius 1 is 1.42 bits per heavy atom. The van der Waals surface area contributed by atoms with Gasteiger partial charge in [-0.05, 0) is 43.1 Å². The first-order valence-corrected chi connectivity index (χ1v) is 8.30. The summed E-state index contributed by atoms with van der Waals surface area (Å²) in [7, 11) is 0.373. The third-order valence-electron chi connectivity index (χ3n) is 3.74. The highest BCUT2D eigenvalue weighted by molar-refractivity contribution is 7.92. The predicted molar refractivity (Wildman–Crippen MR) is 76.4 cm³/mol. The molecule has 106 valence electrons. The molecule has 1 aliphatic carbocycles. The zero-order valence-corrected chi connectivity index (χ0v) is 12.5. The molecule has 4 nitrogen and oxygen atoms in total. The molecule has 2 rings (SSSR count). The summed E-state index contributed by atoms with van der Waals surface area (Å²) in [6, 6.07) is 5.67. The van der Waals surface area contributed by atoms with E-state index in [4.69, 9.17) is 4.74 Å². The molecule has 1 aromatic rings. The molecule has 2 unspecified atom stereocenters. The Labute approximate surface area is 115 Å². The molecule has 5 heteroatoms. The number of hydrogen-bond acceptors (Lipinski definition) is 4. The van der Waals surface area contributed by atoms with Crippen molar-refractivity contribution in [3.63, 3.8) is 0 Å². The third-order valence-corrected chi connectivity index (χ3v) is 6.08. The number of ether oxygens (including phenoxy) is 1. The minimum Gasteiger partial charge on any atom is -0.497 e. The van der Waals surface area contributed by atoms with Crippen LogP contribution in [0, 0.1) is 0 Å². The van der Waals surface area contributed by atoms with Crippen molar-refractivity contribution in [2.45, 2.75) is 31.1 Å². The van der Waals surface area contributed by atoms with Crippen LogP contribution in [0.25, 0.3) is 0 Å². The van der Waals surface area contributed by atoms with E-state index in [1.165, 1.54) is 0 Å². The summed E-state index contributed by atoms with van der Waals surface area (Å²) in [6.45, 7) is 1.90. The van der Waals surface area contributed by atoms with Crippen molar-refractivity contribution in [2.75, 3.05) is 19.9 Å². The van der Waals surface area contributed by atoms with Crippen LogP contribution in [0.15, 0.2) is 18.2 Å². The molecule has 0 saturated heterocycles. The van der Waals surface area contributed by atoms with Crippen molar-refractivity contribution < 1.29 is 13.2 Å². The number of sulfone groups is 1. The number of rotatable bonds is 5. The monoisotopic (exact) mass is 283 g/mol. The van der Waals surface area contributed by atoms with Gasteiger partial charge in [-0.25, -0.2) is 8.42 Å². The van der Waals surface area contributed by atoms with Crippen molar-refractivity contribution in [1.29, 1.82) is 0 Å². The normalized spacial score (nSPS) is 22.3. The van der Waals surface area contributed by atoms with E-state index in [2.05, 4.69) is 5.32 Å². The zero-order chi connectivity index (χ0) is 14.0. The lowest BCUT2D eigenvalue weighted by molar-refractivity contribution is 0.413. The summed E-state index contributed by atoms with van der Waals surface area (Å²) in [6.07, 6.45) is 1.25. The quantitative estimate of drug-likeness (QED) is 0.893. The first-order valence-electron chi connectivity index (χ1n) is 6.59. The average Bonchev–Trinajstić information content (AvgIpc) is 2.76. The summed E-state index contributed by atoms with van der Waals surface area (Å²) in [5.41, 5.74) is 2.15. The second-order valence-corrected chi connectivity index (χ2v) is 7.28. The van der Waals surface area contributed by atoms with Gasteiger partial charge in [0.2, 0.25) is 0 Å². The van der Waals surface area contributed by atoms with Gasteiger partial charge in [0.05, 0.1) is 18.1 Å². The summed E-state index contributed by atoms with van der Waals surface area (Å²) in [5, 5.41) is 2.79. The smallest absolute Gasteiger partial charge is 0.155 e. The Balaban J connectivity index is 2.38. The van der Waals surface area contributed by atoms with Crippen LogP contribution in [-0.2, 0) is 16.3 Å². The van der Waals surface area contributed by atoms with Crippen molar-refractivity contribution in [1.82, 2.24) is 5.32 Å². The van der Waals surface area contributed by atoms with E-state index in [0.717, 1.165) is 16.9 Å². The fourth-order valence-corrected chi connectivity index (χ4v) is 4.82. The van der Waals surface area contributed by atoms with Gasteiger partial charge in [-0.3, -0.25) is 0 Å². The number of methoxy groups -OCH3 is 1. The minimum atomic E-state index is -3.06. The molecule has 0 fully saturated rings. The van der Waals surface area contributed by atoms with E-state index < -0.39 is 9.84 Å². The first-order chi connectivity index (χ1) is 9.03. The van der Waals surface area contributed by atoms with Gasteiger partial charge in [-0.1, -0.05) is 13.0 Å². The molecule has 0 aliphatic heterocycles. The Morgan fingerprint density at radius 2 is 2.16 bits per heavy atom. The lowest BCUT2D eigenvalue weighted by Gasteiger charge is -2.20. The molecule has 0 spiro atoms. The third kappa shape index (κ3) is 2.62. The summed E-state index contributed by atoms with van der Waals surface area (Å²) < 4.78 is 29.9. The SMILES string of the molecule is CCCS(=O)(=O)C1Cc2ccc(OC)cc2C1NC. The van der Waals surface area contributed by atoms with Crippen molar-refractivity contribution >= 4 is 9.84 Å². The van der Waals surface area contributed by atoms with Gasteiger partial charge in [0.15, 0.2) is 9.84 Å². The van der Waals surface area contributed by atoms with Crippen LogP contribution in [0.3, 0.4) is 0 Å². The van der Waals surface area contributed by atoms with Gasteiger partial charge < -0.3 is 10.1 Å². The Morgan fingerprint density at radius 3 is 2.74 bits per heavy atom. The van der Waals surface area contributed by atoms with E-state index in [1.54, 1.807) is 7.11 Å². The second-order valence-electron chi connectivity index (χ2n) is 4.94. The highest BCUT2D eigenvalue weighted by Crippen LogP contribution is 2.37. The van der Waals surface area contributed by atoms with Gasteiger partial charge in [0, 0.05) is 6.04 Å². The Hall–Kier alpha value is -1.07. The predicted octanol–water partition coefficient (Wildman–Crippen LogP) is 1.71. The average molecular weight is 283 g/mol. The van der Waals surface area contributed by atoms with Gasteiger partial charge >= 0.3 is 0 Å². The summed E-state index contributed by atoms with van der Waals surface area (Å²) >= 11 is 0. The van der Waals surface area contributed by atoms with Gasteiger partial charge in [-0.15, -0.1) is 0 Å². The number of benzene rings is 1. The first kappa shape index (κ1) is 14.3. The van der Waals surface area contributed by atoms with E-state index in [0.29, 0.717) is 12.8 Å². The molecule has 1 aliphatic rings. The molecular formula is C14H21NO3S. The molecule has 0 saturated carbocycles. The van der Waals surface area contributed by atoms with Crippen molar-refractivity contribution in [3.05, 3.63) is 29.3 Å². The van der Waals surface area contributed by atoms with Crippen molar-refractivity contribution in [2.24, 2.45) is 0 Å². The van der Waals surface area contributed by atoms with E-state index in [1.807, 2.05) is 32.2 Å². The number of hydrogen-bond donors (Lipinski definition) is 1. The standard InChI is InChI=1S/C14H21NO3S/c1-4-7-19(16,17)13-8-10-5-6-11(18-3)9-12(10)14(13)15-2/h5-6,9,13-15H,4,7-8H2,1-3H3. The van der Waals surface area contributed by atoms with Gasteiger partial charge in [0.25, 0.3) is 0 Å². The van der Waals surface area contributed by atoms with Crippen LogP contribution in [0.2, 0.25) is 0 Å². The molecule has 0 radical (unpaired) electrons. The van der Waals surface area contributed by atoms with Crippen molar-refractivity contribution in [3.8, 4) is 5.75 Å². The van der Waals surface area contributed by atoms with E-state index in [9.17, 15) is 8.42 Å².